The zero-order chi connectivity index (χ0) is 21.0. The molecule has 33 heavy (non-hydrogen) atoms. The van der Waals surface area contributed by atoms with Crippen molar-refractivity contribution in [2.75, 3.05) is 26.2 Å². The second kappa shape index (κ2) is 11.4. The van der Waals surface area contributed by atoms with Gasteiger partial charge in [-0.05, 0) is 28.3 Å². The molecule has 2 heterocycles. The first-order valence-electron chi connectivity index (χ1n) is 10.3. The van der Waals surface area contributed by atoms with E-state index < -0.39 is 0 Å². The molecule has 2 aromatic carbocycles. The van der Waals surface area contributed by atoms with Gasteiger partial charge in [-0.2, -0.15) is 10.2 Å². The van der Waals surface area contributed by atoms with Gasteiger partial charge in [0.05, 0.1) is 13.1 Å². The van der Waals surface area contributed by atoms with E-state index in [0.29, 0.717) is 16.9 Å². The zero-order valence-corrected chi connectivity index (χ0v) is 20.1. The van der Waals surface area contributed by atoms with Gasteiger partial charge in [-0.3, -0.25) is 0 Å². The topological polar surface area (TPSA) is 97.6 Å². The molecular weight excluding hydrogens is 483 g/mol. The Morgan fingerprint density at radius 2 is 1.33 bits per heavy atom. The van der Waals surface area contributed by atoms with Crippen molar-refractivity contribution in [1.29, 1.82) is 0 Å². The van der Waals surface area contributed by atoms with Crippen LogP contribution in [-0.2, 0) is 0 Å². The van der Waals surface area contributed by atoms with E-state index in [4.69, 9.17) is 11.6 Å². The SMILES string of the molecule is Cl.Cl.Clc1cccc2c1C(/C=N/NC1=NCCN1)c1ccccc1C2/C=N/NC1=NCCN1. The van der Waals surface area contributed by atoms with E-state index in [2.05, 4.69) is 65.9 Å². The van der Waals surface area contributed by atoms with Crippen LogP contribution in [0.1, 0.15) is 34.1 Å². The molecule has 0 spiro atoms. The third-order valence-electron chi connectivity index (χ3n) is 5.54. The number of aliphatic imine (C=N–C) groups is 2. The van der Waals surface area contributed by atoms with Crippen LogP contribution in [0.4, 0.5) is 0 Å². The molecule has 0 saturated carbocycles. The molecule has 0 bridgehead atoms. The van der Waals surface area contributed by atoms with Crippen LogP contribution in [0.5, 0.6) is 0 Å². The summed E-state index contributed by atoms with van der Waals surface area (Å²) in [6.07, 6.45) is 3.81. The third-order valence-corrected chi connectivity index (χ3v) is 5.86. The van der Waals surface area contributed by atoms with E-state index in [1.54, 1.807) is 0 Å². The standard InChI is InChI=1S/C22H23ClN8.2ClH/c23-19-7-3-6-16-17(12-28-30-21-24-8-9-25-21)14-4-1-2-5-15(14)18(20(16)19)13-29-31-22-26-10-11-27-22;;/h1-7,12-13,17-18H,8-11H2,(H2,24,25,30)(H2,26,27,31);2*1H/b28-12+,29-13+;;. The van der Waals surface area contributed by atoms with Gasteiger partial charge in [-0.15, -0.1) is 24.8 Å². The molecule has 0 aromatic heterocycles. The summed E-state index contributed by atoms with van der Waals surface area (Å²) < 4.78 is 0. The molecule has 174 valence electrons. The van der Waals surface area contributed by atoms with Gasteiger partial charge < -0.3 is 10.6 Å². The minimum absolute atomic E-state index is 0. The van der Waals surface area contributed by atoms with Gasteiger partial charge >= 0.3 is 0 Å². The van der Waals surface area contributed by atoms with E-state index >= 15 is 0 Å². The van der Waals surface area contributed by atoms with Crippen molar-refractivity contribution in [2.24, 2.45) is 20.2 Å². The Morgan fingerprint density at radius 1 is 0.788 bits per heavy atom. The van der Waals surface area contributed by atoms with Crippen molar-refractivity contribution in [2.45, 2.75) is 11.8 Å². The summed E-state index contributed by atoms with van der Waals surface area (Å²) in [4.78, 5) is 8.64. The Morgan fingerprint density at radius 3 is 1.91 bits per heavy atom. The monoisotopic (exact) mass is 506 g/mol. The van der Waals surface area contributed by atoms with E-state index in [1.807, 2.05) is 30.6 Å². The second-order valence-electron chi connectivity index (χ2n) is 7.42. The Hall–Kier alpha value is -2.81. The molecule has 0 saturated heterocycles. The third kappa shape index (κ3) is 5.24. The minimum atomic E-state index is -0.0760. The Labute approximate surface area is 209 Å². The summed E-state index contributed by atoms with van der Waals surface area (Å²) in [5, 5.41) is 16.0. The number of benzene rings is 2. The van der Waals surface area contributed by atoms with E-state index in [1.165, 1.54) is 5.56 Å². The maximum absolute atomic E-state index is 6.71. The summed E-state index contributed by atoms with van der Waals surface area (Å²) in [6.45, 7) is 3.19. The molecule has 4 N–H and O–H groups in total. The number of halogens is 3. The normalized spacial score (nSPS) is 20.5. The van der Waals surface area contributed by atoms with Gasteiger partial charge in [-0.25, -0.2) is 20.8 Å². The molecular formula is C22H25Cl3N8. The number of hydrazone groups is 2. The van der Waals surface area contributed by atoms with E-state index in [-0.39, 0.29) is 36.6 Å². The fourth-order valence-electron chi connectivity index (χ4n) is 4.16. The first kappa shape index (κ1) is 24.8. The van der Waals surface area contributed by atoms with Crippen molar-refractivity contribution in [3.8, 4) is 0 Å². The summed E-state index contributed by atoms with van der Waals surface area (Å²) >= 11 is 6.71. The van der Waals surface area contributed by atoms with Crippen LogP contribution in [0.2, 0.25) is 5.02 Å². The molecule has 2 aromatic rings. The molecule has 0 amide bonds. The molecule has 5 rings (SSSR count). The number of nitrogens with zero attached hydrogens (tertiary/aromatic N) is 4. The van der Waals surface area contributed by atoms with E-state index in [9.17, 15) is 0 Å². The highest BCUT2D eigenvalue weighted by Crippen LogP contribution is 2.44. The molecule has 1 aliphatic carbocycles. The Bertz CT molecular complexity index is 1100. The molecule has 2 unspecified atom stereocenters. The first-order valence-corrected chi connectivity index (χ1v) is 10.7. The van der Waals surface area contributed by atoms with Crippen molar-refractivity contribution in [1.82, 2.24) is 21.5 Å². The fraction of sp³-hybridized carbons (Fsp3) is 0.273. The molecule has 2 aliphatic heterocycles. The number of nitrogens with one attached hydrogen (secondary N) is 4. The summed E-state index contributed by atoms with van der Waals surface area (Å²) in [7, 11) is 0. The van der Waals surface area contributed by atoms with Crippen molar-refractivity contribution >= 4 is 60.8 Å². The quantitative estimate of drug-likeness (QED) is 0.378. The lowest BCUT2D eigenvalue weighted by atomic mass is 9.73. The lowest BCUT2D eigenvalue weighted by Crippen LogP contribution is -2.31. The van der Waals surface area contributed by atoms with Gasteiger partial charge in [0.1, 0.15) is 0 Å². The molecule has 0 radical (unpaired) electrons. The highest BCUT2D eigenvalue weighted by atomic mass is 35.5. The van der Waals surface area contributed by atoms with Crippen LogP contribution in [-0.4, -0.2) is 50.5 Å². The predicted molar refractivity (Wildman–Crippen MR) is 140 cm³/mol. The van der Waals surface area contributed by atoms with Crippen LogP contribution >= 0.6 is 36.4 Å². The molecule has 0 fully saturated rings. The van der Waals surface area contributed by atoms with Crippen LogP contribution in [0.15, 0.2) is 62.7 Å². The number of hydrogen-bond donors (Lipinski definition) is 4. The second-order valence-corrected chi connectivity index (χ2v) is 7.83. The fourth-order valence-corrected chi connectivity index (χ4v) is 4.46. The Kier molecular flexibility index (Phi) is 8.55. The summed E-state index contributed by atoms with van der Waals surface area (Å²) in [5.41, 5.74) is 10.5. The number of fused-ring (bicyclic) bond motifs is 2. The zero-order valence-electron chi connectivity index (χ0n) is 17.7. The number of rotatable bonds is 4. The Balaban J connectivity index is 0.00000153. The number of hydrogen-bond acceptors (Lipinski definition) is 8. The van der Waals surface area contributed by atoms with Gasteiger partial charge in [0.25, 0.3) is 0 Å². The van der Waals surface area contributed by atoms with Crippen molar-refractivity contribution in [3.63, 3.8) is 0 Å². The summed E-state index contributed by atoms with van der Waals surface area (Å²) in [6, 6.07) is 14.4. The van der Waals surface area contributed by atoms with Gasteiger partial charge in [-0.1, -0.05) is 48.0 Å². The first-order chi connectivity index (χ1) is 15.3. The van der Waals surface area contributed by atoms with Crippen LogP contribution < -0.4 is 21.5 Å². The van der Waals surface area contributed by atoms with Gasteiger partial charge in [0, 0.05) is 42.4 Å². The van der Waals surface area contributed by atoms with Crippen LogP contribution in [0.3, 0.4) is 0 Å². The average molecular weight is 508 g/mol. The lowest BCUT2D eigenvalue weighted by Gasteiger charge is -2.31. The molecule has 2 atom stereocenters. The number of guanidine groups is 2. The van der Waals surface area contributed by atoms with Crippen LogP contribution in [0, 0.1) is 0 Å². The largest absolute Gasteiger partial charge is 0.353 e. The van der Waals surface area contributed by atoms with E-state index in [0.717, 1.165) is 42.9 Å². The maximum atomic E-state index is 6.71. The van der Waals surface area contributed by atoms with Gasteiger partial charge in [0.2, 0.25) is 11.9 Å². The predicted octanol–water partition coefficient (Wildman–Crippen LogP) is 2.83. The molecule has 11 heteroatoms. The van der Waals surface area contributed by atoms with Gasteiger partial charge in [0.15, 0.2) is 0 Å². The smallest absolute Gasteiger partial charge is 0.212 e. The average Bonchev–Trinajstić information content (AvgIpc) is 3.49. The van der Waals surface area contributed by atoms with Crippen molar-refractivity contribution in [3.05, 3.63) is 69.7 Å². The highest BCUT2D eigenvalue weighted by molar-refractivity contribution is 6.32. The minimum Gasteiger partial charge on any atom is -0.353 e. The molecule has 3 aliphatic rings. The highest BCUT2D eigenvalue weighted by Gasteiger charge is 2.32. The van der Waals surface area contributed by atoms with Crippen molar-refractivity contribution < 1.29 is 0 Å². The summed E-state index contributed by atoms with van der Waals surface area (Å²) in [5.74, 6) is 1.29. The molecule has 8 nitrogen and oxygen atoms in total. The lowest BCUT2D eigenvalue weighted by molar-refractivity contribution is 0.882. The maximum Gasteiger partial charge on any atom is 0.212 e. The van der Waals surface area contributed by atoms with Crippen LogP contribution in [0.25, 0.3) is 0 Å².